The number of carbonyl (C=O) groups excluding carboxylic acids is 3. The number of aryl methyl sites for hydroxylation is 1. The summed E-state index contributed by atoms with van der Waals surface area (Å²) in [6.45, 7) is 1.70. The number of imide groups is 1. The average molecular weight is 276 g/mol. The van der Waals surface area contributed by atoms with Crippen molar-refractivity contribution >= 4 is 23.8 Å². The van der Waals surface area contributed by atoms with Crippen LogP contribution in [0.2, 0.25) is 0 Å². The zero-order valence-corrected chi connectivity index (χ0v) is 11.4. The third-order valence-corrected chi connectivity index (χ3v) is 3.18. The first-order chi connectivity index (χ1) is 9.52. The summed E-state index contributed by atoms with van der Waals surface area (Å²) in [5.74, 6) is -1.24. The van der Waals surface area contributed by atoms with Crippen molar-refractivity contribution in [1.82, 2.24) is 20.0 Å². The Morgan fingerprint density at radius 2 is 2.30 bits per heavy atom. The Morgan fingerprint density at radius 3 is 2.90 bits per heavy atom. The molecule has 1 fully saturated rings. The van der Waals surface area contributed by atoms with Gasteiger partial charge in [-0.15, -0.1) is 0 Å². The summed E-state index contributed by atoms with van der Waals surface area (Å²) in [5, 5.41) is 6.22. The van der Waals surface area contributed by atoms with Gasteiger partial charge in [0, 0.05) is 19.3 Å². The van der Waals surface area contributed by atoms with E-state index >= 15 is 0 Å². The van der Waals surface area contributed by atoms with Gasteiger partial charge in [-0.25, -0.2) is 0 Å². The van der Waals surface area contributed by atoms with Gasteiger partial charge in [0.05, 0.1) is 5.69 Å². The summed E-state index contributed by atoms with van der Waals surface area (Å²) < 4.78 is 1.62. The molecule has 106 valence electrons. The number of nitrogens with one attached hydrogen (secondary N) is 1. The molecule has 1 atom stereocenters. The van der Waals surface area contributed by atoms with Crippen LogP contribution in [0.15, 0.2) is 18.3 Å². The lowest BCUT2D eigenvalue weighted by molar-refractivity contribution is -0.147. The second-order valence-corrected chi connectivity index (χ2v) is 4.52. The fourth-order valence-corrected chi connectivity index (χ4v) is 2.10. The Hall–Kier alpha value is -2.44. The van der Waals surface area contributed by atoms with Crippen LogP contribution in [0.5, 0.6) is 0 Å². The van der Waals surface area contributed by atoms with Crippen LogP contribution in [0.25, 0.3) is 6.08 Å². The molecule has 7 nitrogen and oxygen atoms in total. The molecular formula is C13H16N4O3. The summed E-state index contributed by atoms with van der Waals surface area (Å²) in [7, 11) is 1.76. The number of nitrogens with zero attached hydrogens (tertiary/aromatic N) is 3. The topological polar surface area (TPSA) is 84.3 Å². The van der Waals surface area contributed by atoms with E-state index in [0.29, 0.717) is 6.42 Å². The van der Waals surface area contributed by atoms with Gasteiger partial charge in [0.2, 0.25) is 17.7 Å². The smallest absolute Gasteiger partial charge is 0.249 e. The molecule has 0 spiro atoms. The fourth-order valence-electron chi connectivity index (χ4n) is 2.10. The summed E-state index contributed by atoms with van der Waals surface area (Å²) in [4.78, 5) is 36.5. The van der Waals surface area contributed by atoms with Gasteiger partial charge in [0.15, 0.2) is 0 Å². The molecule has 1 saturated heterocycles. The van der Waals surface area contributed by atoms with E-state index in [-0.39, 0.29) is 12.5 Å². The SMILES string of the molecule is CCC1C(=O)NC(=O)CN1C(=O)C=Cc1ccnn1C. The predicted molar refractivity (Wildman–Crippen MR) is 71.2 cm³/mol. The minimum Gasteiger partial charge on any atom is -0.318 e. The molecule has 3 amide bonds. The van der Waals surface area contributed by atoms with Crippen molar-refractivity contribution in [2.24, 2.45) is 7.05 Å². The van der Waals surface area contributed by atoms with E-state index in [4.69, 9.17) is 0 Å². The third-order valence-electron chi connectivity index (χ3n) is 3.18. The van der Waals surface area contributed by atoms with Crippen molar-refractivity contribution < 1.29 is 14.4 Å². The van der Waals surface area contributed by atoms with Gasteiger partial charge in [0.25, 0.3) is 0 Å². The maximum absolute atomic E-state index is 12.1. The van der Waals surface area contributed by atoms with Crippen LogP contribution in [-0.4, -0.2) is 45.0 Å². The minimum absolute atomic E-state index is 0.0984. The monoisotopic (exact) mass is 276 g/mol. The molecule has 0 aromatic carbocycles. The average Bonchev–Trinajstić information content (AvgIpc) is 2.80. The van der Waals surface area contributed by atoms with E-state index in [1.165, 1.54) is 11.0 Å². The van der Waals surface area contributed by atoms with E-state index in [0.717, 1.165) is 5.69 Å². The van der Waals surface area contributed by atoms with Gasteiger partial charge in [-0.3, -0.25) is 24.4 Å². The van der Waals surface area contributed by atoms with E-state index < -0.39 is 17.9 Å². The number of hydrogen-bond donors (Lipinski definition) is 1. The van der Waals surface area contributed by atoms with E-state index in [9.17, 15) is 14.4 Å². The second kappa shape index (κ2) is 5.68. The molecule has 0 bridgehead atoms. The lowest BCUT2D eigenvalue weighted by atomic mass is 10.1. The van der Waals surface area contributed by atoms with Crippen LogP contribution in [0.1, 0.15) is 19.0 Å². The largest absolute Gasteiger partial charge is 0.318 e. The van der Waals surface area contributed by atoms with Crippen molar-refractivity contribution in [1.29, 1.82) is 0 Å². The first-order valence-electron chi connectivity index (χ1n) is 6.33. The number of amides is 3. The maximum Gasteiger partial charge on any atom is 0.249 e. The van der Waals surface area contributed by atoms with Gasteiger partial charge in [-0.05, 0) is 18.6 Å². The normalized spacial score (nSPS) is 19.5. The summed E-state index contributed by atoms with van der Waals surface area (Å²) >= 11 is 0. The Kier molecular flexibility index (Phi) is 3.97. The molecule has 20 heavy (non-hydrogen) atoms. The first-order valence-corrected chi connectivity index (χ1v) is 6.33. The molecule has 7 heteroatoms. The van der Waals surface area contributed by atoms with Crippen LogP contribution in [0.4, 0.5) is 0 Å². The number of piperazine rings is 1. The quantitative estimate of drug-likeness (QED) is 0.606. The molecule has 0 aliphatic carbocycles. The highest BCUT2D eigenvalue weighted by Gasteiger charge is 2.34. The van der Waals surface area contributed by atoms with Crippen LogP contribution in [0, 0.1) is 0 Å². The number of aromatic nitrogens is 2. The van der Waals surface area contributed by atoms with Crippen LogP contribution >= 0.6 is 0 Å². The summed E-state index contributed by atoms with van der Waals surface area (Å²) in [6.07, 6.45) is 5.05. The number of rotatable bonds is 3. The fraction of sp³-hybridized carbons (Fsp3) is 0.385. The number of hydrogen-bond acceptors (Lipinski definition) is 4. The van der Waals surface area contributed by atoms with Crippen molar-refractivity contribution in [3.63, 3.8) is 0 Å². The van der Waals surface area contributed by atoms with Gasteiger partial charge in [0.1, 0.15) is 12.6 Å². The summed E-state index contributed by atoms with van der Waals surface area (Å²) in [6, 6.07) is 1.16. The van der Waals surface area contributed by atoms with Crippen LogP contribution < -0.4 is 5.32 Å². The van der Waals surface area contributed by atoms with Crippen molar-refractivity contribution in [3.8, 4) is 0 Å². The molecule has 1 aliphatic rings. The van der Waals surface area contributed by atoms with E-state index in [1.807, 2.05) is 0 Å². The molecule has 1 N–H and O–H groups in total. The Balaban J connectivity index is 2.14. The standard InChI is InChI=1S/C13H16N4O3/c1-3-10-13(20)15-11(18)8-17(10)12(19)5-4-9-6-7-14-16(9)2/h4-7,10H,3,8H2,1-2H3,(H,15,18,20). The molecule has 0 saturated carbocycles. The molecular weight excluding hydrogens is 260 g/mol. The zero-order chi connectivity index (χ0) is 14.7. The van der Waals surface area contributed by atoms with Crippen molar-refractivity contribution in [3.05, 3.63) is 24.0 Å². The Bertz CT molecular complexity index is 576. The van der Waals surface area contributed by atoms with Gasteiger partial charge in [-0.1, -0.05) is 6.92 Å². The van der Waals surface area contributed by atoms with Gasteiger partial charge < -0.3 is 4.90 Å². The molecule has 1 aromatic heterocycles. The van der Waals surface area contributed by atoms with Crippen LogP contribution in [0.3, 0.4) is 0 Å². The van der Waals surface area contributed by atoms with Crippen molar-refractivity contribution in [2.75, 3.05) is 6.54 Å². The highest BCUT2D eigenvalue weighted by Crippen LogP contribution is 2.10. The number of carbonyl (C=O) groups is 3. The highest BCUT2D eigenvalue weighted by atomic mass is 16.2. The lowest BCUT2D eigenvalue weighted by Crippen LogP contribution is -2.59. The molecule has 1 aliphatic heterocycles. The Labute approximate surface area is 116 Å². The molecule has 2 rings (SSSR count). The van der Waals surface area contributed by atoms with Gasteiger partial charge in [-0.2, -0.15) is 5.10 Å². The van der Waals surface area contributed by atoms with E-state index in [2.05, 4.69) is 10.4 Å². The molecule has 2 heterocycles. The van der Waals surface area contributed by atoms with Crippen LogP contribution in [-0.2, 0) is 21.4 Å². The predicted octanol–water partition coefficient (Wildman–Crippen LogP) is -0.303. The highest BCUT2D eigenvalue weighted by molar-refractivity contribution is 6.06. The second-order valence-electron chi connectivity index (χ2n) is 4.52. The van der Waals surface area contributed by atoms with E-state index in [1.54, 1.807) is 37.0 Å². The Morgan fingerprint density at radius 1 is 1.55 bits per heavy atom. The molecule has 1 aromatic rings. The lowest BCUT2D eigenvalue weighted by Gasteiger charge is -2.32. The minimum atomic E-state index is -0.601. The maximum atomic E-state index is 12.1. The molecule has 0 radical (unpaired) electrons. The first kappa shape index (κ1) is 14.0. The molecule has 1 unspecified atom stereocenters. The van der Waals surface area contributed by atoms with Gasteiger partial charge >= 0.3 is 0 Å². The van der Waals surface area contributed by atoms with Crippen molar-refractivity contribution in [2.45, 2.75) is 19.4 Å². The third kappa shape index (κ3) is 2.76. The summed E-state index contributed by atoms with van der Waals surface area (Å²) in [5.41, 5.74) is 0.763. The zero-order valence-electron chi connectivity index (χ0n) is 11.4.